The van der Waals surface area contributed by atoms with Crippen molar-refractivity contribution in [1.82, 2.24) is 0 Å². The molecule has 0 spiro atoms. The monoisotopic (exact) mass is 414 g/mol. The number of rotatable bonds is 4. The minimum absolute atomic E-state index is 0.0249. The summed E-state index contributed by atoms with van der Waals surface area (Å²) in [6.45, 7) is 6.01. The van der Waals surface area contributed by atoms with Crippen LogP contribution in [0.1, 0.15) is 84.5 Å². The van der Waals surface area contributed by atoms with Gasteiger partial charge in [0, 0.05) is 30.3 Å². The quantitative estimate of drug-likeness (QED) is 0.631. The second kappa shape index (κ2) is 7.85. The van der Waals surface area contributed by atoms with Gasteiger partial charge in [-0.1, -0.05) is 25.8 Å². The van der Waals surface area contributed by atoms with Crippen molar-refractivity contribution in [2.45, 2.75) is 90.8 Å². The number of hydrogen-bond acceptors (Lipinski definition) is 4. The third-order valence-corrected chi connectivity index (χ3v) is 9.72. The highest BCUT2D eigenvalue weighted by Crippen LogP contribution is 2.66. The molecule has 4 aliphatic carbocycles. The van der Waals surface area contributed by atoms with E-state index in [1.54, 1.807) is 0 Å². The Morgan fingerprint density at radius 1 is 1.13 bits per heavy atom. The highest BCUT2D eigenvalue weighted by atomic mass is 16.7. The number of Topliss-reactive ketones (excluding diaryl/α,β-unsaturated/α-hetero) is 1. The molecule has 0 amide bonds. The van der Waals surface area contributed by atoms with E-state index in [1.807, 2.05) is 6.08 Å². The number of fused-ring (bicyclic) bond motifs is 5. The molecule has 4 fully saturated rings. The first-order valence-corrected chi connectivity index (χ1v) is 12.5. The molecule has 0 radical (unpaired) electrons. The molecule has 0 aromatic carbocycles. The molecule has 166 valence electrons. The van der Waals surface area contributed by atoms with Gasteiger partial charge in [0.15, 0.2) is 12.1 Å². The Morgan fingerprint density at radius 2 is 2.00 bits per heavy atom. The minimum atomic E-state index is -0.123. The van der Waals surface area contributed by atoms with Crippen molar-refractivity contribution >= 4 is 11.6 Å². The summed E-state index contributed by atoms with van der Waals surface area (Å²) < 4.78 is 12.3. The van der Waals surface area contributed by atoms with Crippen LogP contribution in [0.25, 0.3) is 0 Å². The van der Waals surface area contributed by atoms with Crippen molar-refractivity contribution in [3.05, 3.63) is 11.6 Å². The Bertz CT molecular complexity index is 735. The van der Waals surface area contributed by atoms with Gasteiger partial charge in [0.1, 0.15) is 5.78 Å². The molecule has 0 aromatic heterocycles. The van der Waals surface area contributed by atoms with Crippen LogP contribution in [0.15, 0.2) is 11.6 Å². The summed E-state index contributed by atoms with van der Waals surface area (Å²) in [6.07, 6.45) is 12.8. The molecular weight excluding hydrogens is 376 g/mol. The van der Waals surface area contributed by atoms with E-state index in [0.717, 1.165) is 64.4 Å². The van der Waals surface area contributed by atoms with Crippen molar-refractivity contribution < 1.29 is 19.1 Å². The molecule has 1 saturated heterocycles. The predicted octanol–water partition coefficient (Wildman–Crippen LogP) is 5.25. The van der Waals surface area contributed by atoms with Gasteiger partial charge in [-0.3, -0.25) is 9.59 Å². The van der Waals surface area contributed by atoms with Crippen LogP contribution in [0.4, 0.5) is 0 Å². The third-order valence-electron chi connectivity index (χ3n) is 9.72. The van der Waals surface area contributed by atoms with Crippen molar-refractivity contribution in [3.63, 3.8) is 0 Å². The second-order valence-corrected chi connectivity index (χ2v) is 11.0. The van der Waals surface area contributed by atoms with Crippen molar-refractivity contribution in [2.24, 2.45) is 34.5 Å². The van der Waals surface area contributed by atoms with Crippen molar-refractivity contribution in [2.75, 3.05) is 13.2 Å². The summed E-state index contributed by atoms with van der Waals surface area (Å²) in [4.78, 5) is 25.3. The maximum Gasteiger partial charge on any atom is 0.157 e. The van der Waals surface area contributed by atoms with Gasteiger partial charge in [-0.05, 0) is 81.1 Å². The van der Waals surface area contributed by atoms with Crippen LogP contribution in [0.3, 0.4) is 0 Å². The Kier molecular flexibility index (Phi) is 5.46. The first-order chi connectivity index (χ1) is 14.5. The molecule has 30 heavy (non-hydrogen) atoms. The van der Waals surface area contributed by atoms with Gasteiger partial charge in [-0.2, -0.15) is 0 Å². The summed E-state index contributed by atoms with van der Waals surface area (Å²) in [5, 5.41) is 0. The lowest BCUT2D eigenvalue weighted by molar-refractivity contribution is -0.191. The van der Waals surface area contributed by atoms with Gasteiger partial charge in [0.2, 0.25) is 0 Å². The first kappa shape index (κ1) is 20.9. The Hall–Kier alpha value is -1.00. The zero-order valence-corrected chi connectivity index (χ0v) is 18.8. The first-order valence-electron chi connectivity index (χ1n) is 12.5. The molecule has 1 heterocycles. The van der Waals surface area contributed by atoms with Gasteiger partial charge in [0.05, 0.1) is 6.61 Å². The number of carbonyl (C=O) groups excluding carboxylic acids is 2. The van der Waals surface area contributed by atoms with Crippen LogP contribution < -0.4 is 0 Å². The smallest absolute Gasteiger partial charge is 0.157 e. The third kappa shape index (κ3) is 3.16. The summed E-state index contributed by atoms with van der Waals surface area (Å²) in [5.41, 5.74) is 1.20. The molecule has 0 aromatic rings. The van der Waals surface area contributed by atoms with E-state index in [2.05, 4.69) is 13.8 Å². The molecule has 0 N–H and O–H groups in total. The SMILES string of the molecule is CCC1CC(=O)[C@@]2(C)CC[C@H]3[C@@H](CCC4=CC(=O)CC[C@@]43COC3CCCCO3)[C@H]12. The molecule has 3 saturated carbocycles. The average Bonchev–Trinajstić information content (AvgIpc) is 3.03. The normalized spacial score (nSPS) is 46.1. The number of ether oxygens (including phenoxy) is 2. The van der Waals surface area contributed by atoms with E-state index >= 15 is 0 Å². The topological polar surface area (TPSA) is 52.6 Å². The zero-order valence-electron chi connectivity index (χ0n) is 18.8. The van der Waals surface area contributed by atoms with Gasteiger partial charge in [-0.25, -0.2) is 0 Å². The Morgan fingerprint density at radius 3 is 2.77 bits per heavy atom. The molecule has 4 nitrogen and oxygen atoms in total. The Labute approximate surface area is 181 Å². The summed E-state index contributed by atoms with van der Waals surface area (Å²) in [6, 6.07) is 0. The van der Waals surface area contributed by atoms with Crippen LogP contribution >= 0.6 is 0 Å². The van der Waals surface area contributed by atoms with E-state index in [9.17, 15) is 9.59 Å². The van der Waals surface area contributed by atoms with Crippen molar-refractivity contribution in [1.29, 1.82) is 0 Å². The fraction of sp³-hybridized carbons (Fsp3) is 0.846. The van der Waals surface area contributed by atoms with E-state index in [0.29, 0.717) is 42.5 Å². The molecule has 0 bridgehead atoms. The highest BCUT2D eigenvalue weighted by Gasteiger charge is 2.62. The van der Waals surface area contributed by atoms with Gasteiger partial charge in [0.25, 0.3) is 0 Å². The molecular formula is C26H38O4. The highest BCUT2D eigenvalue weighted by molar-refractivity contribution is 5.92. The average molecular weight is 415 g/mol. The molecule has 5 rings (SSSR count). The van der Waals surface area contributed by atoms with Gasteiger partial charge < -0.3 is 9.47 Å². The fourth-order valence-corrected chi connectivity index (χ4v) is 8.16. The maximum atomic E-state index is 13.0. The zero-order chi connectivity index (χ0) is 20.9. The summed E-state index contributed by atoms with van der Waals surface area (Å²) in [7, 11) is 0. The summed E-state index contributed by atoms with van der Waals surface area (Å²) >= 11 is 0. The molecule has 5 aliphatic rings. The minimum Gasteiger partial charge on any atom is -0.353 e. The van der Waals surface area contributed by atoms with Crippen LogP contribution in [0.2, 0.25) is 0 Å². The van der Waals surface area contributed by atoms with Gasteiger partial charge in [-0.15, -0.1) is 0 Å². The van der Waals surface area contributed by atoms with E-state index in [-0.39, 0.29) is 22.9 Å². The van der Waals surface area contributed by atoms with Crippen LogP contribution in [-0.4, -0.2) is 31.1 Å². The van der Waals surface area contributed by atoms with Crippen molar-refractivity contribution in [3.8, 4) is 0 Å². The molecule has 4 heteroatoms. The largest absolute Gasteiger partial charge is 0.353 e. The molecule has 7 atom stereocenters. The van der Waals surface area contributed by atoms with E-state index in [4.69, 9.17) is 9.47 Å². The van der Waals surface area contributed by atoms with E-state index < -0.39 is 0 Å². The van der Waals surface area contributed by atoms with Crippen LogP contribution in [0, 0.1) is 34.5 Å². The second-order valence-electron chi connectivity index (χ2n) is 11.0. The lowest BCUT2D eigenvalue weighted by Gasteiger charge is -2.58. The van der Waals surface area contributed by atoms with Crippen LogP contribution in [-0.2, 0) is 19.1 Å². The lowest BCUT2D eigenvalue weighted by Crippen LogP contribution is -2.54. The predicted molar refractivity (Wildman–Crippen MR) is 115 cm³/mol. The number of ketones is 2. The summed E-state index contributed by atoms with van der Waals surface area (Å²) in [5.74, 6) is 2.96. The molecule has 1 aliphatic heterocycles. The maximum absolute atomic E-state index is 13.0. The number of hydrogen-bond donors (Lipinski definition) is 0. The number of carbonyl (C=O) groups is 2. The van der Waals surface area contributed by atoms with E-state index in [1.165, 1.54) is 12.0 Å². The molecule has 2 unspecified atom stereocenters. The Balaban J connectivity index is 1.46. The lowest BCUT2D eigenvalue weighted by atomic mass is 9.46. The van der Waals surface area contributed by atoms with Gasteiger partial charge >= 0.3 is 0 Å². The standard InChI is InChI=1S/C26H38O4/c1-3-17-14-22(28)25(2)11-10-21-20(24(17)25)8-7-18-15-19(27)9-12-26(18,21)16-30-23-6-4-5-13-29-23/h15,17,20-21,23-24H,3-14,16H2,1-2H3/t17?,20-,21+,23?,24+,25-,26-/m1/s1. The van der Waals surface area contributed by atoms with Crippen LogP contribution in [0.5, 0.6) is 0 Å². The fourth-order valence-electron chi connectivity index (χ4n) is 8.16.